The highest BCUT2D eigenvalue weighted by Gasteiger charge is 2.18. The number of rotatable bonds is 6. The molecule has 0 spiro atoms. The van der Waals surface area contributed by atoms with Gasteiger partial charge in [-0.05, 0) is 19.1 Å². The summed E-state index contributed by atoms with van der Waals surface area (Å²) in [6, 6.07) is 3.76. The third-order valence-corrected chi connectivity index (χ3v) is 4.28. The fourth-order valence-electron chi connectivity index (χ4n) is 2.00. The van der Waals surface area contributed by atoms with Gasteiger partial charge in [-0.25, -0.2) is 0 Å². The Morgan fingerprint density at radius 1 is 1.33 bits per heavy atom. The van der Waals surface area contributed by atoms with Crippen LogP contribution in [0, 0.1) is 0 Å². The van der Waals surface area contributed by atoms with Gasteiger partial charge in [0.05, 0.1) is 18.1 Å². The normalized spacial score (nSPS) is 12.3. The zero-order valence-electron chi connectivity index (χ0n) is 13.6. The van der Waals surface area contributed by atoms with Gasteiger partial charge in [0.2, 0.25) is 11.9 Å². The van der Waals surface area contributed by atoms with Crippen molar-refractivity contribution in [1.82, 2.24) is 29.7 Å². The molecule has 0 aliphatic carbocycles. The molecule has 0 bridgehead atoms. The number of nitrogens with two attached hydrogens (primary N) is 1. The van der Waals surface area contributed by atoms with Gasteiger partial charge in [0.25, 0.3) is 0 Å². The predicted octanol–water partition coefficient (Wildman–Crippen LogP) is 1.61. The molecule has 0 saturated heterocycles. The van der Waals surface area contributed by atoms with E-state index < -0.39 is 0 Å². The maximum absolute atomic E-state index is 5.78. The second kappa shape index (κ2) is 6.87. The van der Waals surface area contributed by atoms with Crippen LogP contribution in [-0.2, 0) is 6.54 Å². The van der Waals surface area contributed by atoms with E-state index in [1.807, 2.05) is 37.7 Å². The first-order valence-electron chi connectivity index (χ1n) is 7.28. The average Bonchev–Trinajstić information content (AvgIpc) is 3.19. The molecule has 1 atom stereocenters. The van der Waals surface area contributed by atoms with Crippen LogP contribution in [0.3, 0.4) is 0 Å². The molecule has 0 amide bonds. The van der Waals surface area contributed by atoms with Gasteiger partial charge in [-0.3, -0.25) is 0 Å². The Kier molecular flexibility index (Phi) is 4.65. The van der Waals surface area contributed by atoms with E-state index in [0.29, 0.717) is 18.3 Å². The van der Waals surface area contributed by atoms with Gasteiger partial charge in [0.1, 0.15) is 17.9 Å². The fourth-order valence-corrected chi connectivity index (χ4v) is 2.87. The summed E-state index contributed by atoms with van der Waals surface area (Å²) >= 11 is 1.50. The summed E-state index contributed by atoms with van der Waals surface area (Å²) in [5, 5.41) is 8.83. The largest absolute Gasteiger partial charge is 0.467 e. The van der Waals surface area contributed by atoms with Crippen molar-refractivity contribution < 1.29 is 4.42 Å². The van der Waals surface area contributed by atoms with E-state index in [1.165, 1.54) is 11.8 Å². The number of aromatic nitrogens is 6. The van der Waals surface area contributed by atoms with Crippen LogP contribution in [0.25, 0.3) is 0 Å². The van der Waals surface area contributed by atoms with Gasteiger partial charge in [-0.1, -0.05) is 11.8 Å². The van der Waals surface area contributed by atoms with E-state index >= 15 is 0 Å². The summed E-state index contributed by atoms with van der Waals surface area (Å²) in [4.78, 5) is 14.6. The van der Waals surface area contributed by atoms with Gasteiger partial charge >= 0.3 is 0 Å². The fraction of sp³-hybridized carbons (Fsp3) is 0.357. The molecular weight excluding hydrogens is 328 g/mol. The molecule has 126 valence electrons. The smallest absolute Gasteiger partial charge is 0.229 e. The molecule has 0 radical (unpaired) electrons. The molecule has 10 heteroatoms. The zero-order chi connectivity index (χ0) is 17.1. The summed E-state index contributed by atoms with van der Waals surface area (Å²) in [6.07, 6.45) is 3.32. The standard InChI is InChI=1S/C14H18N8OS/c1-9(11-17-12(15)19-13(18-11)21(2)3)24-14-20-16-8-22(14)7-10-5-4-6-23-10/h4-6,8-9H,7H2,1-3H3,(H2,15,17,18,19). The van der Waals surface area contributed by atoms with E-state index in [4.69, 9.17) is 10.2 Å². The topological polar surface area (TPSA) is 112 Å². The van der Waals surface area contributed by atoms with Crippen molar-refractivity contribution in [3.05, 3.63) is 36.3 Å². The van der Waals surface area contributed by atoms with Crippen molar-refractivity contribution in [1.29, 1.82) is 0 Å². The highest BCUT2D eigenvalue weighted by molar-refractivity contribution is 7.99. The van der Waals surface area contributed by atoms with Gasteiger partial charge in [0.15, 0.2) is 5.16 Å². The van der Waals surface area contributed by atoms with E-state index in [2.05, 4.69) is 25.1 Å². The Balaban J connectivity index is 1.78. The number of hydrogen-bond donors (Lipinski definition) is 1. The summed E-state index contributed by atoms with van der Waals surface area (Å²) in [5.74, 6) is 2.17. The number of thioether (sulfide) groups is 1. The molecule has 3 heterocycles. The Hall–Kier alpha value is -2.62. The Bertz CT molecular complexity index is 801. The van der Waals surface area contributed by atoms with E-state index in [-0.39, 0.29) is 11.2 Å². The maximum Gasteiger partial charge on any atom is 0.229 e. The van der Waals surface area contributed by atoms with Gasteiger partial charge in [-0.15, -0.1) is 10.2 Å². The van der Waals surface area contributed by atoms with Crippen LogP contribution in [-0.4, -0.2) is 43.8 Å². The molecule has 1 unspecified atom stereocenters. The molecule has 3 rings (SSSR count). The Morgan fingerprint density at radius 2 is 2.17 bits per heavy atom. The van der Waals surface area contributed by atoms with Crippen molar-refractivity contribution in [2.45, 2.75) is 23.9 Å². The molecular formula is C14H18N8OS. The average molecular weight is 346 g/mol. The van der Waals surface area contributed by atoms with Gasteiger partial charge < -0.3 is 19.6 Å². The maximum atomic E-state index is 5.78. The molecule has 0 aliphatic rings. The molecule has 0 aliphatic heterocycles. The first kappa shape index (κ1) is 16.2. The molecule has 3 aromatic heterocycles. The first-order valence-corrected chi connectivity index (χ1v) is 8.16. The van der Waals surface area contributed by atoms with E-state index in [0.717, 1.165) is 10.9 Å². The minimum Gasteiger partial charge on any atom is -0.467 e. The van der Waals surface area contributed by atoms with Crippen molar-refractivity contribution >= 4 is 23.7 Å². The lowest BCUT2D eigenvalue weighted by atomic mass is 10.4. The molecule has 0 fully saturated rings. The number of nitrogen functional groups attached to an aromatic ring is 1. The third kappa shape index (κ3) is 3.65. The molecule has 9 nitrogen and oxygen atoms in total. The van der Waals surface area contributed by atoms with Crippen molar-refractivity contribution in [2.24, 2.45) is 0 Å². The summed E-state index contributed by atoms with van der Waals surface area (Å²) < 4.78 is 7.28. The number of hydrogen-bond acceptors (Lipinski definition) is 9. The van der Waals surface area contributed by atoms with Crippen LogP contribution < -0.4 is 10.6 Å². The summed E-state index contributed by atoms with van der Waals surface area (Å²) in [5.41, 5.74) is 5.78. The van der Waals surface area contributed by atoms with Crippen LogP contribution >= 0.6 is 11.8 Å². The quantitative estimate of drug-likeness (QED) is 0.665. The SMILES string of the molecule is CC(Sc1nncn1Cc1ccco1)c1nc(N)nc(N(C)C)n1. The third-order valence-electron chi connectivity index (χ3n) is 3.19. The Labute approximate surface area is 143 Å². The monoisotopic (exact) mass is 346 g/mol. The second-order valence-corrected chi connectivity index (χ2v) is 6.64. The molecule has 0 saturated carbocycles. The molecule has 0 aromatic carbocycles. The minimum atomic E-state index is -0.0615. The number of anilines is 2. The van der Waals surface area contributed by atoms with Crippen molar-refractivity contribution in [3.63, 3.8) is 0 Å². The minimum absolute atomic E-state index is 0.0615. The zero-order valence-corrected chi connectivity index (χ0v) is 14.4. The van der Waals surface area contributed by atoms with Crippen molar-refractivity contribution in [2.75, 3.05) is 24.7 Å². The van der Waals surface area contributed by atoms with Gasteiger partial charge in [-0.2, -0.15) is 15.0 Å². The molecule has 24 heavy (non-hydrogen) atoms. The summed E-state index contributed by atoms with van der Waals surface area (Å²) in [7, 11) is 3.71. The predicted molar refractivity (Wildman–Crippen MR) is 90.7 cm³/mol. The van der Waals surface area contributed by atoms with Crippen LogP contribution in [0.2, 0.25) is 0 Å². The van der Waals surface area contributed by atoms with Gasteiger partial charge in [0, 0.05) is 14.1 Å². The molecule has 2 N–H and O–H groups in total. The first-order chi connectivity index (χ1) is 11.5. The molecule has 3 aromatic rings. The Morgan fingerprint density at radius 3 is 2.88 bits per heavy atom. The van der Waals surface area contributed by atoms with E-state index in [9.17, 15) is 0 Å². The summed E-state index contributed by atoms with van der Waals surface area (Å²) in [6.45, 7) is 2.56. The lowest BCUT2D eigenvalue weighted by Crippen LogP contribution is -2.16. The van der Waals surface area contributed by atoms with Crippen LogP contribution in [0.4, 0.5) is 11.9 Å². The van der Waals surface area contributed by atoms with E-state index in [1.54, 1.807) is 17.5 Å². The lowest BCUT2D eigenvalue weighted by molar-refractivity contribution is 0.484. The van der Waals surface area contributed by atoms with Crippen molar-refractivity contribution in [3.8, 4) is 0 Å². The number of furan rings is 1. The highest BCUT2D eigenvalue weighted by atomic mass is 32.2. The lowest BCUT2D eigenvalue weighted by Gasteiger charge is -2.14. The second-order valence-electron chi connectivity index (χ2n) is 5.33. The van der Waals surface area contributed by atoms with Crippen LogP contribution in [0.15, 0.2) is 34.3 Å². The number of nitrogens with zero attached hydrogens (tertiary/aromatic N) is 7. The highest BCUT2D eigenvalue weighted by Crippen LogP contribution is 2.32. The van der Waals surface area contributed by atoms with Crippen LogP contribution in [0.5, 0.6) is 0 Å². The van der Waals surface area contributed by atoms with Crippen LogP contribution in [0.1, 0.15) is 23.8 Å².